The summed E-state index contributed by atoms with van der Waals surface area (Å²) in [6.07, 6.45) is 0.790. The maximum atomic E-state index is 12.1. The summed E-state index contributed by atoms with van der Waals surface area (Å²) >= 11 is 3.24. The molecule has 0 aromatic heterocycles. The van der Waals surface area contributed by atoms with E-state index in [0.717, 1.165) is 10.9 Å². The SMILES string of the molecule is CCC(C)NC(=O)C(C)NS(=O)(=O)c1ccc(Br)cc1. The van der Waals surface area contributed by atoms with E-state index in [1.807, 2.05) is 13.8 Å². The molecule has 0 spiro atoms. The number of benzene rings is 1. The summed E-state index contributed by atoms with van der Waals surface area (Å²) in [5, 5.41) is 2.74. The van der Waals surface area contributed by atoms with Crippen LogP contribution in [-0.4, -0.2) is 26.4 Å². The fraction of sp³-hybridized carbons (Fsp3) is 0.462. The second-order valence-electron chi connectivity index (χ2n) is 4.61. The number of hydrogen-bond acceptors (Lipinski definition) is 3. The molecule has 1 rings (SSSR count). The van der Waals surface area contributed by atoms with E-state index in [-0.39, 0.29) is 16.8 Å². The van der Waals surface area contributed by atoms with E-state index in [4.69, 9.17) is 0 Å². The molecule has 0 aliphatic carbocycles. The van der Waals surface area contributed by atoms with E-state index >= 15 is 0 Å². The van der Waals surface area contributed by atoms with Crippen molar-refractivity contribution in [1.82, 2.24) is 10.0 Å². The highest BCUT2D eigenvalue weighted by molar-refractivity contribution is 9.10. The van der Waals surface area contributed by atoms with E-state index in [9.17, 15) is 13.2 Å². The maximum Gasteiger partial charge on any atom is 0.241 e. The first-order valence-electron chi connectivity index (χ1n) is 6.34. The lowest BCUT2D eigenvalue weighted by molar-refractivity contribution is -0.122. The average Bonchev–Trinajstić information content (AvgIpc) is 2.38. The third-order valence-corrected chi connectivity index (χ3v) is 4.94. The molecular weight excluding hydrogens is 344 g/mol. The number of sulfonamides is 1. The predicted molar refractivity (Wildman–Crippen MR) is 81.8 cm³/mol. The molecule has 0 radical (unpaired) electrons. The van der Waals surface area contributed by atoms with Crippen LogP contribution < -0.4 is 10.0 Å². The van der Waals surface area contributed by atoms with Crippen LogP contribution in [0.3, 0.4) is 0 Å². The molecule has 0 bridgehead atoms. The van der Waals surface area contributed by atoms with Crippen molar-refractivity contribution in [2.45, 2.75) is 44.2 Å². The topological polar surface area (TPSA) is 75.3 Å². The van der Waals surface area contributed by atoms with Gasteiger partial charge in [0.25, 0.3) is 0 Å². The summed E-state index contributed by atoms with van der Waals surface area (Å²) in [6, 6.07) is 5.42. The van der Waals surface area contributed by atoms with Crippen LogP contribution in [0.1, 0.15) is 27.2 Å². The summed E-state index contributed by atoms with van der Waals surface area (Å²) in [5.74, 6) is -0.333. The van der Waals surface area contributed by atoms with E-state index < -0.39 is 16.1 Å². The minimum absolute atomic E-state index is 0.0159. The van der Waals surface area contributed by atoms with E-state index in [2.05, 4.69) is 26.0 Å². The molecule has 5 nitrogen and oxygen atoms in total. The van der Waals surface area contributed by atoms with E-state index in [1.165, 1.54) is 19.1 Å². The van der Waals surface area contributed by atoms with Gasteiger partial charge in [-0.15, -0.1) is 0 Å². The third kappa shape index (κ3) is 4.88. The molecule has 1 amide bonds. The second kappa shape index (κ2) is 7.19. The highest BCUT2D eigenvalue weighted by Gasteiger charge is 2.22. The molecule has 1 aromatic rings. The van der Waals surface area contributed by atoms with Gasteiger partial charge in [0.15, 0.2) is 0 Å². The summed E-state index contributed by atoms with van der Waals surface area (Å²) in [6.45, 7) is 5.34. The Morgan fingerprint density at radius 3 is 2.30 bits per heavy atom. The summed E-state index contributed by atoms with van der Waals surface area (Å²) in [7, 11) is -3.70. The molecule has 1 aromatic carbocycles. The molecule has 0 heterocycles. The minimum atomic E-state index is -3.70. The Kier molecular flexibility index (Phi) is 6.16. The van der Waals surface area contributed by atoms with Crippen LogP contribution in [0.25, 0.3) is 0 Å². The molecule has 0 aliphatic rings. The summed E-state index contributed by atoms with van der Waals surface area (Å²) < 4.78 is 27.4. The van der Waals surface area contributed by atoms with Gasteiger partial charge in [0.2, 0.25) is 15.9 Å². The smallest absolute Gasteiger partial charge is 0.241 e. The molecule has 2 atom stereocenters. The lowest BCUT2D eigenvalue weighted by atomic mass is 10.2. The molecule has 0 fully saturated rings. The Bertz CT molecular complexity index is 557. The molecule has 7 heteroatoms. The van der Waals surface area contributed by atoms with Crippen LogP contribution in [0.15, 0.2) is 33.6 Å². The highest BCUT2D eigenvalue weighted by atomic mass is 79.9. The highest BCUT2D eigenvalue weighted by Crippen LogP contribution is 2.14. The van der Waals surface area contributed by atoms with Gasteiger partial charge in [-0.05, 0) is 44.5 Å². The normalized spacial score (nSPS) is 14.6. The zero-order chi connectivity index (χ0) is 15.3. The first-order chi connectivity index (χ1) is 9.26. The zero-order valence-corrected chi connectivity index (χ0v) is 14.1. The number of hydrogen-bond donors (Lipinski definition) is 2. The Hall–Kier alpha value is -0.920. The fourth-order valence-corrected chi connectivity index (χ4v) is 2.91. The maximum absolute atomic E-state index is 12.1. The van der Waals surface area contributed by atoms with Gasteiger partial charge in [0, 0.05) is 10.5 Å². The largest absolute Gasteiger partial charge is 0.352 e. The van der Waals surface area contributed by atoms with Gasteiger partial charge < -0.3 is 5.32 Å². The number of carbonyl (C=O) groups is 1. The van der Waals surface area contributed by atoms with Gasteiger partial charge in [-0.25, -0.2) is 8.42 Å². The molecule has 112 valence electrons. The Labute approximate surface area is 128 Å². The third-order valence-electron chi connectivity index (χ3n) is 2.85. The average molecular weight is 363 g/mol. The van der Waals surface area contributed by atoms with Crippen molar-refractivity contribution >= 4 is 31.9 Å². The van der Waals surface area contributed by atoms with Crippen molar-refractivity contribution in [3.63, 3.8) is 0 Å². The molecule has 0 aliphatic heterocycles. The van der Waals surface area contributed by atoms with Crippen molar-refractivity contribution in [1.29, 1.82) is 0 Å². The molecule has 2 N–H and O–H groups in total. The molecule has 2 unspecified atom stereocenters. The lowest BCUT2D eigenvalue weighted by Gasteiger charge is -2.17. The predicted octanol–water partition coefficient (Wildman–Crippen LogP) is 2.03. The number of halogens is 1. The Balaban J connectivity index is 2.75. The second-order valence-corrected chi connectivity index (χ2v) is 7.24. The standard InChI is InChI=1S/C13H19BrN2O3S/c1-4-9(2)15-13(17)10(3)16-20(18,19)12-7-5-11(14)6-8-12/h5-10,16H,4H2,1-3H3,(H,15,17). The van der Waals surface area contributed by atoms with Gasteiger partial charge in [0.05, 0.1) is 10.9 Å². The first kappa shape index (κ1) is 17.1. The molecule has 0 saturated carbocycles. The summed E-state index contributed by atoms with van der Waals surface area (Å²) in [5.41, 5.74) is 0. The quantitative estimate of drug-likeness (QED) is 0.812. The van der Waals surface area contributed by atoms with Crippen molar-refractivity contribution in [2.75, 3.05) is 0 Å². The van der Waals surface area contributed by atoms with Crippen LogP contribution >= 0.6 is 15.9 Å². The molecular formula is C13H19BrN2O3S. The van der Waals surface area contributed by atoms with E-state index in [0.29, 0.717) is 0 Å². The summed E-state index contributed by atoms with van der Waals surface area (Å²) in [4.78, 5) is 12.0. The Morgan fingerprint density at radius 2 is 1.80 bits per heavy atom. The number of rotatable bonds is 6. The van der Waals surface area contributed by atoms with Gasteiger partial charge in [-0.3, -0.25) is 4.79 Å². The van der Waals surface area contributed by atoms with E-state index in [1.54, 1.807) is 12.1 Å². The van der Waals surface area contributed by atoms with Gasteiger partial charge in [0.1, 0.15) is 0 Å². The molecule has 20 heavy (non-hydrogen) atoms. The zero-order valence-electron chi connectivity index (χ0n) is 11.7. The monoisotopic (exact) mass is 362 g/mol. The minimum Gasteiger partial charge on any atom is -0.352 e. The van der Waals surface area contributed by atoms with Crippen LogP contribution in [-0.2, 0) is 14.8 Å². The number of carbonyl (C=O) groups excluding carboxylic acids is 1. The Morgan fingerprint density at radius 1 is 1.25 bits per heavy atom. The van der Waals surface area contributed by atoms with Gasteiger partial charge in [-0.1, -0.05) is 22.9 Å². The van der Waals surface area contributed by atoms with Crippen molar-refractivity contribution in [2.24, 2.45) is 0 Å². The van der Waals surface area contributed by atoms with Crippen LogP contribution in [0, 0.1) is 0 Å². The molecule has 0 saturated heterocycles. The van der Waals surface area contributed by atoms with Crippen LogP contribution in [0.2, 0.25) is 0 Å². The van der Waals surface area contributed by atoms with Crippen molar-refractivity contribution < 1.29 is 13.2 Å². The number of nitrogens with one attached hydrogen (secondary N) is 2. The van der Waals surface area contributed by atoms with Crippen LogP contribution in [0.5, 0.6) is 0 Å². The van der Waals surface area contributed by atoms with Gasteiger partial charge >= 0.3 is 0 Å². The van der Waals surface area contributed by atoms with Gasteiger partial charge in [-0.2, -0.15) is 4.72 Å². The number of amides is 1. The van der Waals surface area contributed by atoms with Crippen molar-refractivity contribution in [3.8, 4) is 0 Å². The first-order valence-corrected chi connectivity index (χ1v) is 8.62. The van der Waals surface area contributed by atoms with Crippen molar-refractivity contribution in [3.05, 3.63) is 28.7 Å². The van der Waals surface area contributed by atoms with Crippen LogP contribution in [0.4, 0.5) is 0 Å². The lowest BCUT2D eigenvalue weighted by Crippen LogP contribution is -2.47. The fourth-order valence-electron chi connectivity index (χ4n) is 1.44.